The summed E-state index contributed by atoms with van der Waals surface area (Å²) < 4.78 is 18.5. The van der Waals surface area contributed by atoms with Crippen LogP contribution in [0.2, 0.25) is 5.02 Å². The molecular weight excluding hydrogens is 257 g/mol. The number of benzene rings is 1. The highest BCUT2D eigenvalue weighted by molar-refractivity contribution is 6.30. The first-order valence-corrected chi connectivity index (χ1v) is 5.54. The van der Waals surface area contributed by atoms with Crippen molar-refractivity contribution in [3.05, 3.63) is 52.9 Å². The van der Waals surface area contributed by atoms with Gasteiger partial charge in [0.25, 0.3) is 0 Å². The summed E-state index contributed by atoms with van der Waals surface area (Å²) in [6.07, 6.45) is 1.46. The fraction of sp³-hybridized carbons (Fsp3) is 0.0769. The van der Waals surface area contributed by atoms with Crippen LogP contribution in [0.5, 0.6) is 11.6 Å². The van der Waals surface area contributed by atoms with Gasteiger partial charge in [0.05, 0.1) is 5.02 Å². The second kappa shape index (κ2) is 5.14. The fourth-order valence-electron chi connectivity index (χ4n) is 1.35. The molecule has 92 valence electrons. The van der Waals surface area contributed by atoms with E-state index in [9.17, 15) is 9.18 Å². The number of hydrogen-bond donors (Lipinski definition) is 0. The average Bonchev–Trinajstić information content (AvgIpc) is 2.34. The largest absolute Gasteiger partial charge is 0.439 e. The Balaban J connectivity index is 2.25. The van der Waals surface area contributed by atoms with Crippen molar-refractivity contribution in [2.75, 3.05) is 0 Å². The topological polar surface area (TPSA) is 39.2 Å². The number of pyridine rings is 1. The summed E-state index contributed by atoms with van der Waals surface area (Å²) in [5.74, 6) is -0.170. The summed E-state index contributed by atoms with van der Waals surface area (Å²) in [5.41, 5.74) is 0.481. The smallest absolute Gasteiger partial charge is 0.219 e. The first kappa shape index (κ1) is 12.5. The van der Waals surface area contributed by atoms with Gasteiger partial charge in [0.15, 0.2) is 5.78 Å². The van der Waals surface area contributed by atoms with Crippen molar-refractivity contribution in [1.29, 1.82) is 0 Å². The second-order valence-corrected chi connectivity index (χ2v) is 4.02. The normalized spacial score (nSPS) is 10.2. The summed E-state index contributed by atoms with van der Waals surface area (Å²) in [7, 11) is 0. The van der Waals surface area contributed by atoms with Crippen molar-refractivity contribution in [2.45, 2.75) is 6.92 Å². The maximum Gasteiger partial charge on any atom is 0.219 e. The molecule has 1 aromatic carbocycles. The lowest BCUT2D eigenvalue weighted by molar-refractivity contribution is 0.101. The Hall–Kier alpha value is -1.94. The lowest BCUT2D eigenvalue weighted by Gasteiger charge is -2.06. The van der Waals surface area contributed by atoms with Crippen molar-refractivity contribution < 1.29 is 13.9 Å². The van der Waals surface area contributed by atoms with Crippen LogP contribution in [0, 0.1) is 5.82 Å². The Morgan fingerprint density at radius 3 is 2.78 bits per heavy atom. The number of rotatable bonds is 3. The number of aromatic nitrogens is 1. The quantitative estimate of drug-likeness (QED) is 0.791. The van der Waals surface area contributed by atoms with Crippen LogP contribution in [-0.4, -0.2) is 10.8 Å². The van der Waals surface area contributed by atoms with Crippen LogP contribution in [0.1, 0.15) is 17.3 Å². The van der Waals surface area contributed by atoms with Gasteiger partial charge in [-0.2, -0.15) is 0 Å². The molecule has 0 N–H and O–H groups in total. The number of nitrogens with zero attached hydrogens (tertiary/aromatic N) is 1. The van der Waals surface area contributed by atoms with Crippen LogP contribution < -0.4 is 4.74 Å². The van der Waals surface area contributed by atoms with Crippen LogP contribution in [-0.2, 0) is 0 Å². The van der Waals surface area contributed by atoms with Crippen LogP contribution in [0.3, 0.4) is 0 Å². The zero-order valence-corrected chi connectivity index (χ0v) is 10.2. The van der Waals surface area contributed by atoms with Crippen LogP contribution in [0.4, 0.5) is 4.39 Å². The molecule has 2 aromatic rings. The van der Waals surface area contributed by atoms with Crippen molar-refractivity contribution >= 4 is 17.4 Å². The molecule has 0 atom stereocenters. The molecule has 3 nitrogen and oxygen atoms in total. The molecule has 0 unspecified atom stereocenters. The summed E-state index contributed by atoms with van der Waals surface area (Å²) in [6, 6.07) is 7.14. The van der Waals surface area contributed by atoms with E-state index in [0.29, 0.717) is 5.56 Å². The minimum atomic E-state index is -0.572. The van der Waals surface area contributed by atoms with E-state index < -0.39 is 5.82 Å². The first-order chi connectivity index (χ1) is 8.56. The van der Waals surface area contributed by atoms with Gasteiger partial charge in [-0.05, 0) is 25.1 Å². The van der Waals surface area contributed by atoms with Gasteiger partial charge >= 0.3 is 0 Å². The molecule has 0 saturated carbocycles. The van der Waals surface area contributed by atoms with Crippen molar-refractivity contribution in [1.82, 2.24) is 4.98 Å². The standard InChI is InChI=1S/C13H9ClFNO2/c1-8(17)9-4-5-16-13(6-9)18-10-2-3-11(14)12(15)7-10/h2-7H,1H3. The van der Waals surface area contributed by atoms with Gasteiger partial charge in [-0.3, -0.25) is 4.79 Å². The molecule has 0 saturated heterocycles. The number of carbonyl (C=O) groups is 1. The van der Waals surface area contributed by atoms with Crippen LogP contribution >= 0.6 is 11.6 Å². The maximum atomic E-state index is 13.2. The van der Waals surface area contributed by atoms with E-state index in [1.54, 1.807) is 6.07 Å². The number of hydrogen-bond acceptors (Lipinski definition) is 3. The molecule has 0 radical (unpaired) electrons. The SMILES string of the molecule is CC(=O)c1ccnc(Oc2ccc(Cl)c(F)c2)c1. The van der Waals surface area contributed by atoms with Crippen LogP contribution in [0.25, 0.3) is 0 Å². The van der Waals surface area contributed by atoms with Crippen molar-refractivity contribution in [3.8, 4) is 11.6 Å². The zero-order valence-electron chi connectivity index (χ0n) is 9.48. The highest BCUT2D eigenvalue weighted by atomic mass is 35.5. The molecule has 0 spiro atoms. The van der Waals surface area contributed by atoms with Gasteiger partial charge in [0, 0.05) is 23.9 Å². The molecule has 18 heavy (non-hydrogen) atoms. The third-order valence-electron chi connectivity index (χ3n) is 2.25. The van der Waals surface area contributed by atoms with Gasteiger partial charge < -0.3 is 4.74 Å². The summed E-state index contributed by atoms with van der Waals surface area (Å²) in [5, 5.41) is 0.0211. The molecule has 0 amide bonds. The average molecular weight is 266 g/mol. The molecule has 1 aromatic heterocycles. The van der Waals surface area contributed by atoms with E-state index >= 15 is 0 Å². The molecule has 0 aliphatic rings. The first-order valence-electron chi connectivity index (χ1n) is 5.16. The van der Waals surface area contributed by atoms with E-state index in [1.807, 2.05) is 0 Å². The number of Topliss-reactive ketones (excluding diaryl/α,β-unsaturated/α-hetero) is 1. The Kier molecular flexibility index (Phi) is 3.58. The summed E-state index contributed by atoms with van der Waals surface area (Å²) in [4.78, 5) is 15.1. The molecule has 0 aliphatic carbocycles. The Morgan fingerprint density at radius 1 is 1.33 bits per heavy atom. The molecule has 5 heteroatoms. The van der Waals surface area contributed by atoms with E-state index in [4.69, 9.17) is 16.3 Å². The fourth-order valence-corrected chi connectivity index (χ4v) is 1.46. The number of carbonyl (C=O) groups excluding carboxylic acids is 1. The van der Waals surface area contributed by atoms with Gasteiger partial charge in [-0.15, -0.1) is 0 Å². The Labute approximate surface area is 108 Å². The highest BCUT2D eigenvalue weighted by Gasteiger charge is 2.06. The highest BCUT2D eigenvalue weighted by Crippen LogP contribution is 2.24. The molecule has 0 fully saturated rings. The Bertz CT molecular complexity index is 601. The van der Waals surface area contributed by atoms with Crippen molar-refractivity contribution in [3.63, 3.8) is 0 Å². The summed E-state index contributed by atoms with van der Waals surface area (Å²) >= 11 is 5.56. The lowest BCUT2D eigenvalue weighted by atomic mass is 10.2. The van der Waals surface area contributed by atoms with E-state index in [2.05, 4.69) is 4.98 Å². The monoisotopic (exact) mass is 265 g/mol. The number of ether oxygens (including phenoxy) is 1. The van der Waals surface area contributed by atoms with Crippen molar-refractivity contribution in [2.24, 2.45) is 0 Å². The van der Waals surface area contributed by atoms with Crippen LogP contribution in [0.15, 0.2) is 36.5 Å². The molecule has 1 heterocycles. The second-order valence-electron chi connectivity index (χ2n) is 3.62. The third-order valence-corrected chi connectivity index (χ3v) is 2.56. The number of halogens is 2. The molecule has 0 bridgehead atoms. The van der Waals surface area contributed by atoms with E-state index in [0.717, 1.165) is 6.07 Å². The Morgan fingerprint density at radius 2 is 2.11 bits per heavy atom. The van der Waals surface area contributed by atoms with Gasteiger partial charge in [-0.25, -0.2) is 9.37 Å². The minimum absolute atomic E-state index is 0.0211. The number of ketones is 1. The van der Waals surface area contributed by atoms with Gasteiger partial charge in [0.1, 0.15) is 11.6 Å². The molecular formula is C13H9ClFNO2. The minimum Gasteiger partial charge on any atom is -0.439 e. The molecule has 2 rings (SSSR count). The maximum absolute atomic E-state index is 13.2. The van der Waals surface area contributed by atoms with Gasteiger partial charge in [0.2, 0.25) is 5.88 Å². The van der Waals surface area contributed by atoms with E-state index in [1.165, 1.54) is 31.3 Å². The molecule has 0 aliphatic heterocycles. The zero-order chi connectivity index (χ0) is 13.1. The van der Waals surface area contributed by atoms with E-state index in [-0.39, 0.29) is 22.4 Å². The third kappa shape index (κ3) is 2.84. The predicted molar refractivity (Wildman–Crippen MR) is 65.7 cm³/mol. The van der Waals surface area contributed by atoms with Gasteiger partial charge in [-0.1, -0.05) is 11.6 Å². The summed E-state index contributed by atoms with van der Waals surface area (Å²) in [6.45, 7) is 1.45. The predicted octanol–water partition coefficient (Wildman–Crippen LogP) is 3.87. The lowest BCUT2D eigenvalue weighted by Crippen LogP contribution is -1.95.